The maximum atomic E-state index is 9.75. The highest BCUT2D eigenvalue weighted by atomic mass is 16.5. The fourth-order valence-electron chi connectivity index (χ4n) is 3.92. The summed E-state index contributed by atoms with van der Waals surface area (Å²) < 4.78 is 11.5. The van der Waals surface area contributed by atoms with Crippen molar-refractivity contribution in [1.29, 1.82) is 0 Å². The Morgan fingerprint density at radius 3 is 2.52 bits per heavy atom. The van der Waals surface area contributed by atoms with Gasteiger partial charge in [0.2, 0.25) is 0 Å². The van der Waals surface area contributed by atoms with E-state index in [0.717, 1.165) is 55.3 Å². The zero-order chi connectivity index (χ0) is 21.1. The zero-order valence-corrected chi connectivity index (χ0v) is 18.9. The predicted molar refractivity (Wildman–Crippen MR) is 121 cm³/mol. The molecule has 0 bridgehead atoms. The van der Waals surface area contributed by atoms with Crippen molar-refractivity contribution in [2.45, 2.75) is 90.0 Å². The normalized spacial score (nSPS) is 16.1. The van der Waals surface area contributed by atoms with Gasteiger partial charge in [0.15, 0.2) is 0 Å². The van der Waals surface area contributed by atoms with Crippen molar-refractivity contribution < 1.29 is 14.6 Å². The number of methoxy groups -OCH3 is 1. The van der Waals surface area contributed by atoms with Gasteiger partial charge in [0.25, 0.3) is 0 Å². The smallest absolute Gasteiger partial charge is 0.125 e. The van der Waals surface area contributed by atoms with Crippen LogP contribution in [0.25, 0.3) is 0 Å². The Morgan fingerprint density at radius 1 is 1.14 bits per heavy atom. The molecule has 0 amide bonds. The average Bonchev–Trinajstić information content (AvgIpc) is 3.52. The van der Waals surface area contributed by atoms with Crippen molar-refractivity contribution in [3.8, 4) is 11.5 Å². The molecule has 0 radical (unpaired) electrons. The second-order valence-corrected chi connectivity index (χ2v) is 9.44. The lowest BCUT2D eigenvalue weighted by molar-refractivity contribution is 0.172. The van der Waals surface area contributed by atoms with Gasteiger partial charge in [0, 0.05) is 11.6 Å². The van der Waals surface area contributed by atoms with E-state index >= 15 is 0 Å². The van der Waals surface area contributed by atoms with Gasteiger partial charge in [-0.25, -0.2) is 0 Å². The Labute approximate surface area is 178 Å². The Hall–Kier alpha value is -1.26. The van der Waals surface area contributed by atoms with Crippen LogP contribution in [-0.2, 0) is 6.42 Å². The third kappa shape index (κ3) is 9.39. The summed E-state index contributed by atoms with van der Waals surface area (Å²) in [5.41, 5.74) is 7.08. The molecule has 1 atom stereocenters. The van der Waals surface area contributed by atoms with E-state index in [1.807, 2.05) is 12.1 Å². The number of nitrogens with two attached hydrogens (primary N) is 1. The first-order valence-electron chi connectivity index (χ1n) is 11.7. The van der Waals surface area contributed by atoms with Crippen LogP contribution in [0.4, 0.5) is 0 Å². The third-order valence-electron chi connectivity index (χ3n) is 6.05. The number of unbranched alkanes of at least 4 members (excludes halogenated alkanes) is 4. The molecule has 0 unspecified atom stereocenters. The van der Waals surface area contributed by atoms with Crippen molar-refractivity contribution >= 4 is 0 Å². The molecule has 4 nitrogen and oxygen atoms in total. The molecule has 29 heavy (non-hydrogen) atoms. The number of benzene rings is 1. The predicted octanol–water partition coefficient (Wildman–Crippen LogP) is 5.49. The molecule has 1 fully saturated rings. The van der Waals surface area contributed by atoms with Gasteiger partial charge in [-0.1, -0.05) is 64.9 Å². The fraction of sp³-hybridized carbons (Fsp3) is 0.760. The van der Waals surface area contributed by atoms with Crippen LogP contribution in [0.1, 0.15) is 83.6 Å². The Kier molecular flexibility index (Phi) is 10.3. The number of hydrogen-bond acceptors (Lipinski definition) is 4. The Morgan fingerprint density at radius 2 is 1.86 bits per heavy atom. The molecule has 1 aromatic rings. The summed E-state index contributed by atoms with van der Waals surface area (Å²) >= 11 is 0. The summed E-state index contributed by atoms with van der Waals surface area (Å²) in [6.07, 6.45) is 12.7. The molecule has 3 N–H and O–H groups in total. The summed E-state index contributed by atoms with van der Waals surface area (Å²) in [6.45, 7) is 5.39. The quantitative estimate of drug-likeness (QED) is 0.357. The Balaban J connectivity index is 1.71. The molecule has 4 heteroatoms. The molecular formula is C25H43NO3. The first-order chi connectivity index (χ1) is 14.0. The average molecular weight is 406 g/mol. The van der Waals surface area contributed by atoms with Crippen LogP contribution in [0.2, 0.25) is 0 Å². The number of hydrogen-bond donors (Lipinski definition) is 2. The van der Waals surface area contributed by atoms with Crippen LogP contribution in [-0.4, -0.2) is 31.0 Å². The lowest BCUT2D eigenvalue weighted by Crippen LogP contribution is -2.44. The van der Waals surface area contributed by atoms with E-state index in [-0.39, 0.29) is 6.61 Å². The third-order valence-corrected chi connectivity index (χ3v) is 6.05. The van der Waals surface area contributed by atoms with Crippen LogP contribution in [0.5, 0.6) is 11.5 Å². The molecule has 0 aliphatic heterocycles. The lowest BCUT2D eigenvalue weighted by Gasteiger charge is -2.27. The van der Waals surface area contributed by atoms with Crippen LogP contribution in [0.3, 0.4) is 0 Å². The van der Waals surface area contributed by atoms with Gasteiger partial charge in [-0.15, -0.1) is 0 Å². The maximum Gasteiger partial charge on any atom is 0.125 e. The van der Waals surface area contributed by atoms with Crippen molar-refractivity contribution in [2.75, 3.05) is 20.3 Å². The molecule has 0 aromatic heterocycles. The van der Waals surface area contributed by atoms with Crippen molar-refractivity contribution in [2.24, 2.45) is 17.6 Å². The highest BCUT2D eigenvalue weighted by molar-refractivity contribution is 5.41. The molecule has 0 spiro atoms. The molecule has 166 valence electrons. The van der Waals surface area contributed by atoms with E-state index < -0.39 is 5.54 Å². The molecular weight excluding hydrogens is 362 g/mol. The van der Waals surface area contributed by atoms with Gasteiger partial charge in [-0.3, -0.25) is 0 Å². The van der Waals surface area contributed by atoms with Gasteiger partial charge >= 0.3 is 0 Å². The van der Waals surface area contributed by atoms with Crippen LogP contribution in [0.15, 0.2) is 18.2 Å². The van der Waals surface area contributed by atoms with Gasteiger partial charge in [-0.2, -0.15) is 0 Å². The van der Waals surface area contributed by atoms with E-state index in [0.29, 0.717) is 5.92 Å². The van der Waals surface area contributed by atoms with E-state index in [1.165, 1.54) is 44.9 Å². The molecule has 1 saturated carbocycles. The Bertz CT molecular complexity index is 585. The van der Waals surface area contributed by atoms with Gasteiger partial charge in [0.1, 0.15) is 11.5 Å². The van der Waals surface area contributed by atoms with E-state index in [9.17, 15) is 5.11 Å². The molecule has 0 heterocycles. The largest absolute Gasteiger partial charge is 0.496 e. The number of rotatable bonds is 16. The number of aliphatic hydroxyl groups is 1. The minimum absolute atomic E-state index is 0.0461. The minimum atomic E-state index is -0.476. The summed E-state index contributed by atoms with van der Waals surface area (Å²) in [4.78, 5) is 0. The van der Waals surface area contributed by atoms with Crippen molar-refractivity contribution in [1.82, 2.24) is 0 Å². The number of aryl methyl sites for hydroxylation is 1. The summed E-state index contributed by atoms with van der Waals surface area (Å²) in [7, 11) is 1.70. The van der Waals surface area contributed by atoms with Gasteiger partial charge in [0.05, 0.1) is 20.3 Å². The first kappa shape index (κ1) is 24.0. The summed E-state index contributed by atoms with van der Waals surface area (Å²) in [5.74, 6) is 3.24. The second-order valence-electron chi connectivity index (χ2n) is 9.44. The highest BCUT2D eigenvalue weighted by Crippen LogP contribution is 2.37. The standard InChI is InChI=1S/C25H43NO3/c1-20(2)9-7-5-4-6-8-16-29-23-13-12-22(24(17-23)28-3)14-15-25(26,19-27)18-21-10-11-21/h12-13,17,20-21,27H,4-11,14-16,18-19,26H2,1-3H3/t25-/m0/s1. The molecule has 0 saturated heterocycles. The fourth-order valence-corrected chi connectivity index (χ4v) is 3.92. The monoisotopic (exact) mass is 405 g/mol. The maximum absolute atomic E-state index is 9.75. The minimum Gasteiger partial charge on any atom is -0.496 e. The zero-order valence-electron chi connectivity index (χ0n) is 18.9. The van der Waals surface area contributed by atoms with Crippen molar-refractivity contribution in [3.05, 3.63) is 23.8 Å². The summed E-state index contributed by atoms with van der Waals surface area (Å²) in [5, 5.41) is 9.75. The van der Waals surface area contributed by atoms with E-state index in [2.05, 4.69) is 19.9 Å². The first-order valence-corrected chi connectivity index (χ1v) is 11.7. The van der Waals surface area contributed by atoms with E-state index in [1.54, 1.807) is 7.11 Å². The van der Waals surface area contributed by atoms with Crippen LogP contribution < -0.4 is 15.2 Å². The molecule has 1 aliphatic rings. The topological polar surface area (TPSA) is 64.7 Å². The van der Waals surface area contributed by atoms with Crippen LogP contribution >= 0.6 is 0 Å². The molecule has 1 aromatic carbocycles. The molecule has 2 rings (SSSR count). The highest BCUT2D eigenvalue weighted by Gasteiger charge is 2.33. The number of aliphatic hydroxyl groups excluding tert-OH is 1. The lowest BCUT2D eigenvalue weighted by atomic mass is 9.87. The summed E-state index contributed by atoms with van der Waals surface area (Å²) in [6, 6.07) is 6.09. The van der Waals surface area contributed by atoms with Gasteiger partial charge in [-0.05, 0) is 49.1 Å². The second kappa shape index (κ2) is 12.4. The SMILES string of the molecule is COc1cc(OCCCCCCCC(C)C)ccc1CC[C@@](N)(CO)CC1CC1. The molecule has 1 aliphatic carbocycles. The van der Waals surface area contributed by atoms with Crippen molar-refractivity contribution in [3.63, 3.8) is 0 Å². The van der Waals surface area contributed by atoms with Crippen LogP contribution in [0, 0.1) is 11.8 Å². The van der Waals surface area contributed by atoms with E-state index in [4.69, 9.17) is 15.2 Å². The van der Waals surface area contributed by atoms with Gasteiger partial charge < -0.3 is 20.3 Å². The number of ether oxygens (including phenoxy) is 2.